The first-order valence-electron chi connectivity index (χ1n) is 9.77. The van der Waals surface area contributed by atoms with E-state index in [-0.39, 0.29) is 5.91 Å². The van der Waals surface area contributed by atoms with E-state index < -0.39 is 11.7 Å². The highest BCUT2D eigenvalue weighted by Crippen LogP contribution is 2.29. The molecule has 1 amide bonds. The Bertz CT molecular complexity index is 809. The number of anilines is 1. The number of piperazine rings is 1. The highest BCUT2D eigenvalue weighted by molar-refractivity contribution is 5.94. The summed E-state index contributed by atoms with van der Waals surface area (Å²) in [5.74, 6) is 0.0376. The van der Waals surface area contributed by atoms with Crippen LogP contribution in [0.1, 0.15) is 35.3 Å². The summed E-state index contributed by atoms with van der Waals surface area (Å²) in [5, 5.41) is 3.10. The summed E-state index contributed by atoms with van der Waals surface area (Å²) in [7, 11) is 0. The lowest BCUT2D eigenvalue weighted by atomic mass is 10.1. The molecule has 29 heavy (non-hydrogen) atoms. The summed E-state index contributed by atoms with van der Waals surface area (Å²) >= 11 is 0. The van der Waals surface area contributed by atoms with E-state index in [0.29, 0.717) is 23.8 Å². The van der Waals surface area contributed by atoms with Gasteiger partial charge < -0.3 is 10.2 Å². The first-order chi connectivity index (χ1) is 13.7. The topological polar surface area (TPSA) is 35.6 Å². The third-order valence-corrected chi connectivity index (χ3v) is 5.24. The number of amides is 1. The smallest absolute Gasteiger partial charge is 0.381 e. The number of nitrogens with one attached hydrogen (secondary N) is 1. The number of benzene rings is 2. The molecule has 2 aromatic carbocycles. The Kier molecular flexibility index (Phi) is 6.47. The van der Waals surface area contributed by atoms with E-state index >= 15 is 0 Å². The molecule has 0 aliphatic carbocycles. The molecule has 1 saturated heterocycles. The maximum absolute atomic E-state index is 12.7. The second kappa shape index (κ2) is 8.86. The number of carbonyl (C=O) groups excluding carboxylic acids is 1. The molecule has 1 heterocycles. The zero-order valence-electron chi connectivity index (χ0n) is 16.7. The highest BCUT2D eigenvalue weighted by atomic mass is 19.4. The second-order valence-electron chi connectivity index (χ2n) is 7.55. The van der Waals surface area contributed by atoms with Gasteiger partial charge in [0.25, 0.3) is 5.91 Å². The summed E-state index contributed by atoms with van der Waals surface area (Å²) in [6.07, 6.45) is -4.33. The monoisotopic (exact) mass is 405 g/mol. The number of carbonyl (C=O) groups is 1. The minimum absolute atomic E-state index is 0.0376. The molecule has 0 radical (unpaired) electrons. The van der Waals surface area contributed by atoms with Crippen molar-refractivity contribution in [2.45, 2.75) is 32.6 Å². The van der Waals surface area contributed by atoms with Gasteiger partial charge in [-0.3, -0.25) is 9.69 Å². The van der Waals surface area contributed by atoms with Gasteiger partial charge in [0.05, 0.1) is 5.56 Å². The number of rotatable bonds is 5. The van der Waals surface area contributed by atoms with Gasteiger partial charge in [0, 0.05) is 50.0 Å². The Morgan fingerprint density at radius 1 is 0.966 bits per heavy atom. The van der Waals surface area contributed by atoms with Gasteiger partial charge in [0.1, 0.15) is 0 Å². The van der Waals surface area contributed by atoms with Crippen molar-refractivity contribution in [3.8, 4) is 0 Å². The standard InChI is InChI=1S/C22H26F3N3O/c1-16(2)27-11-13-28(14-12-27)21(29)18-5-3-17(4-6-18)15-26-20-9-7-19(8-10-20)22(23,24)25/h3-10,16,26H,11-15H2,1-2H3. The zero-order chi connectivity index (χ0) is 21.0. The number of hydrogen-bond donors (Lipinski definition) is 1. The van der Waals surface area contributed by atoms with Crippen LogP contribution in [0.15, 0.2) is 48.5 Å². The molecule has 4 nitrogen and oxygen atoms in total. The van der Waals surface area contributed by atoms with Crippen molar-refractivity contribution in [1.29, 1.82) is 0 Å². The van der Waals surface area contributed by atoms with E-state index in [4.69, 9.17) is 0 Å². The largest absolute Gasteiger partial charge is 0.416 e. The van der Waals surface area contributed by atoms with Gasteiger partial charge in [-0.05, 0) is 55.8 Å². The molecule has 3 rings (SSSR count). The van der Waals surface area contributed by atoms with Crippen molar-refractivity contribution in [2.24, 2.45) is 0 Å². The van der Waals surface area contributed by atoms with Crippen LogP contribution in [0.2, 0.25) is 0 Å². The molecule has 0 saturated carbocycles. The molecule has 0 unspecified atom stereocenters. The fourth-order valence-electron chi connectivity index (χ4n) is 3.37. The van der Waals surface area contributed by atoms with Gasteiger partial charge >= 0.3 is 6.18 Å². The fourth-order valence-corrected chi connectivity index (χ4v) is 3.37. The second-order valence-corrected chi connectivity index (χ2v) is 7.55. The molecule has 0 aromatic heterocycles. The maximum atomic E-state index is 12.7. The van der Waals surface area contributed by atoms with E-state index in [1.807, 2.05) is 17.0 Å². The quantitative estimate of drug-likeness (QED) is 0.797. The van der Waals surface area contributed by atoms with E-state index in [1.54, 1.807) is 12.1 Å². The lowest BCUT2D eigenvalue weighted by molar-refractivity contribution is -0.137. The van der Waals surface area contributed by atoms with Crippen LogP contribution in [0, 0.1) is 0 Å². The molecule has 2 aromatic rings. The van der Waals surface area contributed by atoms with Crippen LogP contribution in [-0.4, -0.2) is 47.9 Å². The number of alkyl halides is 3. The van der Waals surface area contributed by atoms with Crippen molar-refractivity contribution in [1.82, 2.24) is 9.80 Å². The third-order valence-electron chi connectivity index (χ3n) is 5.24. The maximum Gasteiger partial charge on any atom is 0.416 e. The summed E-state index contributed by atoms with van der Waals surface area (Å²) in [6.45, 7) is 8.02. The molecule has 7 heteroatoms. The van der Waals surface area contributed by atoms with Crippen LogP contribution in [0.3, 0.4) is 0 Å². The molecule has 1 N–H and O–H groups in total. The lowest BCUT2D eigenvalue weighted by Crippen LogP contribution is -2.50. The average Bonchev–Trinajstić information content (AvgIpc) is 2.72. The van der Waals surface area contributed by atoms with Gasteiger partial charge in [0.15, 0.2) is 0 Å². The summed E-state index contributed by atoms with van der Waals surface area (Å²) in [6, 6.07) is 12.8. The highest BCUT2D eigenvalue weighted by Gasteiger charge is 2.30. The average molecular weight is 405 g/mol. The van der Waals surface area contributed by atoms with E-state index in [9.17, 15) is 18.0 Å². The van der Waals surface area contributed by atoms with Crippen LogP contribution in [0.4, 0.5) is 18.9 Å². The molecule has 156 valence electrons. The fraction of sp³-hybridized carbons (Fsp3) is 0.409. The number of nitrogens with zero attached hydrogens (tertiary/aromatic N) is 2. The Morgan fingerprint density at radius 3 is 2.07 bits per heavy atom. The summed E-state index contributed by atoms with van der Waals surface area (Å²) in [5.41, 5.74) is 1.55. The van der Waals surface area contributed by atoms with Crippen LogP contribution >= 0.6 is 0 Å². The third kappa shape index (κ3) is 5.50. The van der Waals surface area contributed by atoms with Gasteiger partial charge in [0.2, 0.25) is 0 Å². The molecule has 1 fully saturated rings. The zero-order valence-corrected chi connectivity index (χ0v) is 16.7. The van der Waals surface area contributed by atoms with Gasteiger partial charge in [-0.2, -0.15) is 13.2 Å². The number of halogens is 3. The van der Waals surface area contributed by atoms with Crippen LogP contribution < -0.4 is 5.32 Å². The molecular formula is C22H26F3N3O. The predicted molar refractivity (Wildman–Crippen MR) is 108 cm³/mol. The molecular weight excluding hydrogens is 379 g/mol. The Labute approximate surface area is 169 Å². The molecule has 1 aliphatic heterocycles. The van der Waals surface area contributed by atoms with Gasteiger partial charge in [-0.15, -0.1) is 0 Å². The first kappa shape index (κ1) is 21.2. The Hall–Kier alpha value is -2.54. The lowest BCUT2D eigenvalue weighted by Gasteiger charge is -2.37. The minimum atomic E-state index is -4.33. The minimum Gasteiger partial charge on any atom is -0.381 e. The molecule has 1 aliphatic rings. The van der Waals surface area contributed by atoms with Crippen molar-refractivity contribution in [2.75, 3.05) is 31.5 Å². The molecule has 0 atom stereocenters. The van der Waals surface area contributed by atoms with Crippen molar-refractivity contribution < 1.29 is 18.0 Å². The van der Waals surface area contributed by atoms with Gasteiger partial charge in [-0.1, -0.05) is 12.1 Å². The van der Waals surface area contributed by atoms with E-state index in [0.717, 1.165) is 43.9 Å². The SMILES string of the molecule is CC(C)N1CCN(C(=O)c2ccc(CNc3ccc(C(F)(F)F)cc3)cc2)CC1. The van der Waals surface area contributed by atoms with Crippen molar-refractivity contribution in [3.63, 3.8) is 0 Å². The van der Waals surface area contributed by atoms with Crippen molar-refractivity contribution >= 4 is 11.6 Å². The normalized spacial score (nSPS) is 15.6. The van der Waals surface area contributed by atoms with E-state index in [2.05, 4.69) is 24.1 Å². The Balaban J connectivity index is 1.53. The van der Waals surface area contributed by atoms with Gasteiger partial charge in [-0.25, -0.2) is 0 Å². The first-order valence-corrected chi connectivity index (χ1v) is 9.77. The van der Waals surface area contributed by atoms with Crippen LogP contribution in [0.5, 0.6) is 0 Å². The van der Waals surface area contributed by atoms with Crippen molar-refractivity contribution in [3.05, 3.63) is 65.2 Å². The molecule has 0 spiro atoms. The number of hydrogen-bond acceptors (Lipinski definition) is 3. The Morgan fingerprint density at radius 2 is 1.55 bits per heavy atom. The molecule has 0 bridgehead atoms. The van der Waals surface area contributed by atoms with Crippen LogP contribution in [0.25, 0.3) is 0 Å². The summed E-state index contributed by atoms with van der Waals surface area (Å²) < 4.78 is 37.8. The van der Waals surface area contributed by atoms with Crippen LogP contribution in [-0.2, 0) is 12.7 Å². The predicted octanol–water partition coefficient (Wildman–Crippen LogP) is 4.48. The summed E-state index contributed by atoms with van der Waals surface area (Å²) in [4.78, 5) is 16.9. The van der Waals surface area contributed by atoms with E-state index in [1.165, 1.54) is 12.1 Å².